The number of rotatable bonds is 5. The number of hydrogen-bond donors (Lipinski definition) is 1. The Morgan fingerprint density at radius 1 is 1.30 bits per heavy atom. The van der Waals surface area contributed by atoms with Crippen LogP contribution in [0.5, 0.6) is 0 Å². The van der Waals surface area contributed by atoms with Gasteiger partial charge in [-0.3, -0.25) is 4.79 Å². The molecule has 106 valence electrons. The highest BCUT2D eigenvalue weighted by molar-refractivity contribution is 7.90. The minimum absolute atomic E-state index is 0.126. The third-order valence-electron chi connectivity index (χ3n) is 2.65. The van der Waals surface area contributed by atoms with E-state index in [0.717, 1.165) is 0 Å². The molecular formula is C13H13NO5S. The summed E-state index contributed by atoms with van der Waals surface area (Å²) in [4.78, 5) is 10.7. The summed E-state index contributed by atoms with van der Waals surface area (Å²) in [5, 5.41) is 12.3. The Morgan fingerprint density at radius 2 is 1.95 bits per heavy atom. The van der Waals surface area contributed by atoms with Gasteiger partial charge in [0.25, 0.3) is 0 Å². The molecule has 0 aliphatic carbocycles. The lowest BCUT2D eigenvalue weighted by Crippen LogP contribution is -2.05. The normalized spacial score (nSPS) is 11.4. The van der Waals surface area contributed by atoms with Crippen LogP contribution in [0.1, 0.15) is 17.0 Å². The van der Waals surface area contributed by atoms with E-state index in [2.05, 4.69) is 5.16 Å². The molecule has 0 bridgehead atoms. The van der Waals surface area contributed by atoms with Crippen LogP contribution in [0.15, 0.2) is 39.8 Å². The predicted octanol–water partition coefficient (Wildman–Crippen LogP) is 1.58. The first kappa shape index (κ1) is 14.3. The van der Waals surface area contributed by atoms with Crippen molar-refractivity contribution in [2.75, 3.05) is 0 Å². The smallest absolute Gasteiger partial charge is 0.307 e. The zero-order valence-corrected chi connectivity index (χ0v) is 11.6. The lowest BCUT2D eigenvalue weighted by Gasteiger charge is -2.03. The molecule has 0 saturated heterocycles. The van der Waals surface area contributed by atoms with Crippen LogP contribution >= 0.6 is 0 Å². The minimum atomic E-state index is -3.53. The number of benzene rings is 1. The SMILES string of the molecule is Cc1cc(CS(=O)(=O)c2ccc(CC(=O)O)cc2)on1. The first-order valence-corrected chi connectivity index (χ1v) is 7.48. The minimum Gasteiger partial charge on any atom is -0.481 e. The van der Waals surface area contributed by atoms with Crippen molar-refractivity contribution in [2.24, 2.45) is 0 Å². The highest BCUT2D eigenvalue weighted by Crippen LogP contribution is 2.18. The van der Waals surface area contributed by atoms with E-state index in [4.69, 9.17) is 9.63 Å². The van der Waals surface area contributed by atoms with Gasteiger partial charge >= 0.3 is 5.97 Å². The van der Waals surface area contributed by atoms with Gasteiger partial charge < -0.3 is 9.63 Å². The first-order chi connectivity index (χ1) is 9.37. The highest BCUT2D eigenvalue weighted by Gasteiger charge is 2.18. The number of aryl methyl sites for hydroxylation is 1. The van der Waals surface area contributed by atoms with E-state index in [1.165, 1.54) is 24.3 Å². The summed E-state index contributed by atoms with van der Waals surface area (Å²) >= 11 is 0. The van der Waals surface area contributed by atoms with Gasteiger partial charge in [0.15, 0.2) is 15.6 Å². The second kappa shape index (κ2) is 5.46. The van der Waals surface area contributed by atoms with Crippen LogP contribution in [0.2, 0.25) is 0 Å². The molecule has 1 N–H and O–H groups in total. The third-order valence-corrected chi connectivity index (χ3v) is 4.30. The van der Waals surface area contributed by atoms with Crippen molar-refractivity contribution in [2.45, 2.75) is 24.0 Å². The van der Waals surface area contributed by atoms with Crippen LogP contribution in [0.25, 0.3) is 0 Å². The Balaban J connectivity index is 2.19. The average molecular weight is 295 g/mol. The second-order valence-electron chi connectivity index (χ2n) is 4.41. The molecule has 0 aliphatic rings. The predicted molar refractivity (Wildman–Crippen MR) is 69.9 cm³/mol. The average Bonchev–Trinajstić information content (AvgIpc) is 2.74. The lowest BCUT2D eigenvalue weighted by atomic mass is 10.2. The van der Waals surface area contributed by atoms with E-state index in [1.54, 1.807) is 13.0 Å². The standard InChI is InChI=1S/C13H13NO5S/c1-9-6-11(19-14-9)8-20(17,18)12-4-2-10(3-5-12)7-13(15)16/h2-6H,7-8H2,1H3,(H,15,16). The van der Waals surface area contributed by atoms with Crippen molar-refractivity contribution in [3.05, 3.63) is 47.3 Å². The Morgan fingerprint density at radius 3 is 2.45 bits per heavy atom. The maximum Gasteiger partial charge on any atom is 0.307 e. The number of sulfone groups is 1. The molecule has 2 aromatic rings. The molecule has 7 heteroatoms. The molecule has 0 saturated carbocycles. The van der Waals surface area contributed by atoms with Gasteiger partial charge in [0.1, 0.15) is 5.75 Å². The van der Waals surface area contributed by atoms with Crippen molar-refractivity contribution >= 4 is 15.8 Å². The molecule has 0 unspecified atom stereocenters. The zero-order chi connectivity index (χ0) is 14.8. The fourth-order valence-corrected chi connectivity index (χ4v) is 2.97. The number of carbonyl (C=O) groups is 1. The van der Waals surface area contributed by atoms with Crippen molar-refractivity contribution in [3.63, 3.8) is 0 Å². The van der Waals surface area contributed by atoms with E-state index < -0.39 is 15.8 Å². The summed E-state index contributed by atoms with van der Waals surface area (Å²) < 4.78 is 29.2. The van der Waals surface area contributed by atoms with Gasteiger partial charge in [-0.15, -0.1) is 0 Å². The summed E-state index contributed by atoms with van der Waals surface area (Å²) in [6.07, 6.45) is -0.137. The highest BCUT2D eigenvalue weighted by atomic mass is 32.2. The topological polar surface area (TPSA) is 97.5 Å². The van der Waals surface area contributed by atoms with Crippen LogP contribution in [-0.2, 0) is 26.8 Å². The zero-order valence-electron chi connectivity index (χ0n) is 10.7. The monoisotopic (exact) mass is 295 g/mol. The second-order valence-corrected chi connectivity index (χ2v) is 6.40. The van der Waals surface area contributed by atoms with Crippen LogP contribution in [0.3, 0.4) is 0 Å². The van der Waals surface area contributed by atoms with Crippen LogP contribution < -0.4 is 0 Å². The number of hydrogen-bond acceptors (Lipinski definition) is 5. The van der Waals surface area contributed by atoms with Gasteiger partial charge in [0, 0.05) is 6.07 Å². The number of carboxylic acids is 1. The fourth-order valence-electron chi connectivity index (χ4n) is 1.74. The molecule has 6 nitrogen and oxygen atoms in total. The summed E-state index contributed by atoms with van der Waals surface area (Å²) in [5.41, 5.74) is 1.17. The van der Waals surface area contributed by atoms with Crippen molar-refractivity contribution in [3.8, 4) is 0 Å². The number of aromatic nitrogens is 1. The van der Waals surface area contributed by atoms with E-state index in [9.17, 15) is 13.2 Å². The number of carboxylic acid groups (broad SMARTS) is 1. The lowest BCUT2D eigenvalue weighted by molar-refractivity contribution is -0.136. The molecule has 0 atom stereocenters. The van der Waals surface area contributed by atoms with Gasteiger partial charge in [0.2, 0.25) is 0 Å². The third kappa shape index (κ3) is 3.45. The van der Waals surface area contributed by atoms with E-state index in [1.807, 2.05) is 0 Å². The molecule has 0 fully saturated rings. The van der Waals surface area contributed by atoms with Crippen LogP contribution in [0.4, 0.5) is 0 Å². The van der Waals surface area contributed by atoms with Gasteiger partial charge in [-0.05, 0) is 24.6 Å². The van der Waals surface area contributed by atoms with Gasteiger partial charge in [-0.2, -0.15) is 0 Å². The molecule has 0 radical (unpaired) electrons. The molecule has 0 aliphatic heterocycles. The maximum atomic E-state index is 12.1. The fraction of sp³-hybridized carbons (Fsp3) is 0.231. The van der Waals surface area contributed by atoms with Gasteiger partial charge in [0.05, 0.1) is 17.0 Å². The summed E-state index contributed by atoms with van der Waals surface area (Å²) in [6, 6.07) is 7.35. The summed E-state index contributed by atoms with van der Waals surface area (Å²) in [6.45, 7) is 1.71. The Labute approximate surface area is 115 Å². The Kier molecular flexibility index (Phi) is 3.89. The van der Waals surface area contributed by atoms with Gasteiger partial charge in [-0.1, -0.05) is 17.3 Å². The molecule has 0 spiro atoms. The Bertz CT molecular complexity index is 715. The maximum absolute atomic E-state index is 12.1. The van der Waals surface area contributed by atoms with Crippen LogP contribution in [-0.4, -0.2) is 24.7 Å². The van der Waals surface area contributed by atoms with E-state index in [0.29, 0.717) is 11.3 Å². The summed E-state index contributed by atoms with van der Waals surface area (Å²) in [5.74, 6) is -0.957. The molecule has 20 heavy (non-hydrogen) atoms. The molecule has 1 aromatic carbocycles. The quantitative estimate of drug-likeness (QED) is 0.899. The van der Waals surface area contributed by atoms with Crippen molar-refractivity contribution in [1.82, 2.24) is 5.16 Å². The first-order valence-electron chi connectivity index (χ1n) is 5.82. The summed E-state index contributed by atoms with van der Waals surface area (Å²) in [7, 11) is -3.53. The van der Waals surface area contributed by atoms with E-state index in [-0.39, 0.29) is 22.8 Å². The molecule has 2 rings (SSSR count). The van der Waals surface area contributed by atoms with Gasteiger partial charge in [-0.25, -0.2) is 8.42 Å². The van der Waals surface area contributed by atoms with Crippen molar-refractivity contribution < 1.29 is 22.8 Å². The van der Waals surface area contributed by atoms with E-state index >= 15 is 0 Å². The molecule has 1 heterocycles. The number of aliphatic carboxylic acids is 1. The molecule has 1 aromatic heterocycles. The molecule has 0 amide bonds. The largest absolute Gasteiger partial charge is 0.481 e. The number of nitrogens with zero attached hydrogens (tertiary/aromatic N) is 1. The Hall–Kier alpha value is -2.15. The molecular weight excluding hydrogens is 282 g/mol. The van der Waals surface area contributed by atoms with Crippen molar-refractivity contribution in [1.29, 1.82) is 0 Å². The van der Waals surface area contributed by atoms with Crippen LogP contribution in [0, 0.1) is 6.92 Å².